The largest absolute Gasteiger partial charge is 0.339 e. The molecule has 0 atom stereocenters. The molecule has 4 amide bonds. The zero-order valence-electron chi connectivity index (χ0n) is 14.0. The Hall–Kier alpha value is -2.16. The van der Waals surface area contributed by atoms with Crippen molar-refractivity contribution in [2.45, 2.75) is 26.7 Å². The van der Waals surface area contributed by atoms with E-state index in [-0.39, 0.29) is 17.8 Å². The number of nitrogens with zero attached hydrogens (tertiary/aromatic N) is 3. The van der Waals surface area contributed by atoms with Crippen LogP contribution in [0, 0.1) is 0 Å². The number of anilines is 1. The molecule has 0 spiro atoms. The summed E-state index contributed by atoms with van der Waals surface area (Å²) in [6.07, 6.45) is 0.920. The van der Waals surface area contributed by atoms with E-state index in [1.165, 1.54) is 11.3 Å². The van der Waals surface area contributed by atoms with Crippen molar-refractivity contribution in [3.63, 3.8) is 0 Å². The minimum Gasteiger partial charge on any atom is -0.339 e. The van der Waals surface area contributed by atoms with E-state index in [4.69, 9.17) is 0 Å². The van der Waals surface area contributed by atoms with E-state index >= 15 is 0 Å². The summed E-state index contributed by atoms with van der Waals surface area (Å²) in [4.78, 5) is 42.8. The number of carbonyl (C=O) groups excluding carboxylic acids is 3. The second-order valence-corrected chi connectivity index (χ2v) is 6.37. The zero-order valence-corrected chi connectivity index (χ0v) is 14.8. The molecule has 132 valence electrons. The fraction of sp³-hybridized carbons (Fsp3) is 0.600. The Morgan fingerprint density at radius 3 is 2.50 bits per heavy atom. The molecule has 1 saturated heterocycles. The monoisotopic (exact) mass is 353 g/mol. The summed E-state index contributed by atoms with van der Waals surface area (Å²) in [5.74, 6) is 0.126. The van der Waals surface area contributed by atoms with Crippen LogP contribution in [0.4, 0.5) is 9.93 Å². The van der Waals surface area contributed by atoms with Crippen LogP contribution in [-0.4, -0.2) is 65.4 Å². The van der Waals surface area contributed by atoms with Crippen LogP contribution in [0.5, 0.6) is 0 Å². The molecule has 1 aliphatic rings. The molecule has 1 aliphatic heterocycles. The molecule has 0 unspecified atom stereocenters. The van der Waals surface area contributed by atoms with Crippen molar-refractivity contribution in [2.75, 3.05) is 38.0 Å². The minimum absolute atomic E-state index is 0.0525. The highest BCUT2D eigenvalue weighted by Crippen LogP contribution is 2.17. The Morgan fingerprint density at radius 1 is 1.21 bits per heavy atom. The number of aryl methyl sites for hydroxylation is 1. The fourth-order valence-electron chi connectivity index (χ4n) is 2.44. The van der Waals surface area contributed by atoms with Gasteiger partial charge in [0.25, 0.3) is 0 Å². The molecule has 24 heavy (non-hydrogen) atoms. The molecule has 1 aromatic rings. The normalized spacial score (nSPS) is 14.4. The number of aromatic nitrogens is 1. The highest BCUT2D eigenvalue weighted by molar-refractivity contribution is 7.13. The molecule has 2 rings (SSSR count). The molecule has 0 saturated carbocycles. The van der Waals surface area contributed by atoms with Crippen molar-refractivity contribution in [1.29, 1.82) is 0 Å². The Bertz CT molecular complexity index is 596. The summed E-state index contributed by atoms with van der Waals surface area (Å²) in [6, 6.07) is -0.280. The van der Waals surface area contributed by atoms with E-state index in [0.29, 0.717) is 50.7 Å². The first kappa shape index (κ1) is 18.2. The molecule has 0 aliphatic carbocycles. The SMILES string of the molecule is CCNC(=O)Nc1nc(CCC(=O)N2CCN(C(C)=O)CC2)cs1. The molecule has 1 fully saturated rings. The highest BCUT2D eigenvalue weighted by atomic mass is 32.1. The number of rotatable bonds is 5. The Kier molecular flexibility index (Phi) is 6.53. The van der Waals surface area contributed by atoms with Crippen molar-refractivity contribution in [3.05, 3.63) is 11.1 Å². The van der Waals surface area contributed by atoms with Crippen molar-refractivity contribution < 1.29 is 14.4 Å². The number of urea groups is 1. The molecule has 1 aromatic heterocycles. The molecule has 2 heterocycles. The van der Waals surface area contributed by atoms with Gasteiger partial charge in [0.1, 0.15) is 0 Å². The first-order chi connectivity index (χ1) is 11.5. The number of hydrogen-bond acceptors (Lipinski definition) is 5. The molecule has 0 aromatic carbocycles. The van der Waals surface area contributed by atoms with Gasteiger partial charge in [-0.15, -0.1) is 11.3 Å². The second kappa shape index (κ2) is 8.62. The molecule has 9 heteroatoms. The highest BCUT2D eigenvalue weighted by Gasteiger charge is 2.22. The topological polar surface area (TPSA) is 94.6 Å². The van der Waals surface area contributed by atoms with Gasteiger partial charge in [0.15, 0.2) is 5.13 Å². The molecule has 0 bridgehead atoms. The third-order valence-electron chi connectivity index (χ3n) is 3.78. The van der Waals surface area contributed by atoms with E-state index in [1.807, 2.05) is 12.3 Å². The standard InChI is InChI=1S/C15H23N5O3S/c1-3-16-14(23)18-15-17-12(10-24-15)4-5-13(22)20-8-6-19(7-9-20)11(2)21/h10H,3-9H2,1-2H3,(H2,16,17,18,23). The van der Waals surface area contributed by atoms with Gasteiger partial charge in [0, 0.05) is 51.4 Å². The fourth-order valence-corrected chi connectivity index (χ4v) is 3.18. The number of nitrogens with one attached hydrogen (secondary N) is 2. The number of thiazole rings is 1. The number of carbonyl (C=O) groups is 3. The lowest BCUT2D eigenvalue weighted by molar-refractivity contribution is -0.138. The van der Waals surface area contributed by atoms with Crippen LogP contribution in [0.3, 0.4) is 0 Å². The minimum atomic E-state index is -0.280. The van der Waals surface area contributed by atoms with Crippen LogP contribution >= 0.6 is 11.3 Å². The van der Waals surface area contributed by atoms with Gasteiger partial charge < -0.3 is 15.1 Å². The summed E-state index contributed by atoms with van der Waals surface area (Å²) >= 11 is 1.34. The van der Waals surface area contributed by atoms with Gasteiger partial charge in [0.2, 0.25) is 11.8 Å². The van der Waals surface area contributed by atoms with Crippen molar-refractivity contribution >= 4 is 34.3 Å². The van der Waals surface area contributed by atoms with Crippen LogP contribution in [0.2, 0.25) is 0 Å². The Balaban J connectivity index is 1.75. The smallest absolute Gasteiger partial charge is 0.321 e. The summed E-state index contributed by atoms with van der Waals surface area (Å²) in [7, 11) is 0. The summed E-state index contributed by atoms with van der Waals surface area (Å²) in [5.41, 5.74) is 0.794. The average molecular weight is 353 g/mol. The number of piperazine rings is 1. The van der Waals surface area contributed by atoms with Gasteiger partial charge >= 0.3 is 6.03 Å². The summed E-state index contributed by atoms with van der Waals surface area (Å²) < 4.78 is 0. The van der Waals surface area contributed by atoms with Crippen LogP contribution in [-0.2, 0) is 16.0 Å². The predicted molar refractivity (Wildman–Crippen MR) is 92.0 cm³/mol. The average Bonchev–Trinajstić information content (AvgIpc) is 3.00. The van der Waals surface area contributed by atoms with Crippen LogP contribution < -0.4 is 10.6 Å². The van der Waals surface area contributed by atoms with E-state index in [1.54, 1.807) is 16.7 Å². The molecule has 0 radical (unpaired) electrons. The molecular formula is C15H23N5O3S. The van der Waals surface area contributed by atoms with Crippen molar-refractivity contribution in [2.24, 2.45) is 0 Å². The predicted octanol–water partition coefficient (Wildman–Crippen LogP) is 0.908. The van der Waals surface area contributed by atoms with Gasteiger partial charge in [-0.25, -0.2) is 9.78 Å². The first-order valence-corrected chi connectivity index (χ1v) is 8.90. The third-order valence-corrected chi connectivity index (χ3v) is 4.59. The Labute approximate surface area is 145 Å². The first-order valence-electron chi connectivity index (χ1n) is 8.02. The molecule has 2 N–H and O–H groups in total. The maximum Gasteiger partial charge on any atom is 0.321 e. The maximum absolute atomic E-state index is 12.2. The van der Waals surface area contributed by atoms with Crippen molar-refractivity contribution in [1.82, 2.24) is 20.1 Å². The Morgan fingerprint density at radius 2 is 1.88 bits per heavy atom. The lowest BCUT2D eigenvalue weighted by Gasteiger charge is -2.34. The zero-order chi connectivity index (χ0) is 17.5. The summed E-state index contributed by atoms with van der Waals surface area (Å²) in [6.45, 7) is 6.30. The lowest BCUT2D eigenvalue weighted by Crippen LogP contribution is -2.50. The maximum atomic E-state index is 12.2. The van der Waals surface area contributed by atoms with Gasteiger partial charge in [-0.1, -0.05) is 0 Å². The van der Waals surface area contributed by atoms with Crippen LogP contribution in [0.15, 0.2) is 5.38 Å². The van der Waals surface area contributed by atoms with Crippen LogP contribution in [0.25, 0.3) is 0 Å². The lowest BCUT2D eigenvalue weighted by atomic mass is 10.2. The van der Waals surface area contributed by atoms with Crippen LogP contribution in [0.1, 0.15) is 26.0 Å². The molecule has 8 nitrogen and oxygen atoms in total. The van der Waals surface area contributed by atoms with Gasteiger partial charge in [0.05, 0.1) is 5.69 Å². The quantitative estimate of drug-likeness (QED) is 0.822. The number of hydrogen-bond donors (Lipinski definition) is 2. The van der Waals surface area contributed by atoms with Crippen molar-refractivity contribution in [3.8, 4) is 0 Å². The van der Waals surface area contributed by atoms with E-state index in [0.717, 1.165) is 5.69 Å². The second-order valence-electron chi connectivity index (χ2n) is 5.52. The van der Waals surface area contributed by atoms with E-state index < -0.39 is 0 Å². The van der Waals surface area contributed by atoms with Gasteiger partial charge in [-0.3, -0.25) is 14.9 Å². The third kappa shape index (κ3) is 5.19. The van der Waals surface area contributed by atoms with Gasteiger partial charge in [-0.05, 0) is 13.3 Å². The summed E-state index contributed by atoms with van der Waals surface area (Å²) in [5, 5.41) is 7.67. The van der Waals surface area contributed by atoms with E-state index in [2.05, 4.69) is 15.6 Å². The molecular weight excluding hydrogens is 330 g/mol. The van der Waals surface area contributed by atoms with Gasteiger partial charge in [-0.2, -0.15) is 0 Å². The number of amides is 4. The van der Waals surface area contributed by atoms with E-state index in [9.17, 15) is 14.4 Å².